The van der Waals surface area contributed by atoms with Gasteiger partial charge < -0.3 is 25.2 Å². The zero-order valence-corrected chi connectivity index (χ0v) is 19.4. The lowest BCUT2D eigenvalue weighted by molar-refractivity contribution is -0.156. The number of hydrogen-bond donors (Lipinski definition) is 3. The van der Waals surface area contributed by atoms with Crippen LogP contribution in [0.15, 0.2) is 48.5 Å². The maximum Gasteiger partial charge on any atom is 0.407 e. The van der Waals surface area contributed by atoms with Crippen molar-refractivity contribution < 1.29 is 29.3 Å². The fourth-order valence-electron chi connectivity index (χ4n) is 5.99. The number of aliphatic carboxylic acids is 1. The number of carbonyl (C=O) groups is 3. The second-order valence-corrected chi connectivity index (χ2v) is 9.80. The predicted octanol–water partition coefficient (Wildman–Crippen LogP) is 2.99. The van der Waals surface area contributed by atoms with E-state index < -0.39 is 24.1 Å². The molecule has 2 bridgehead atoms. The molecule has 4 atom stereocenters. The first-order valence-corrected chi connectivity index (χ1v) is 12.2. The lowest BCUT2D eigenvalue weighted by Crippen LogP contribution is -2.57. The normalized spacial score (nSPS) is 23.3. The Morgan fingerprint density at radius 1 is 1.03 bits per heavy atom. The van der Waals surface area contributed by atoms with Crippen molar-refractivity contribution in [2.45, 2.75) is 43.7 Å². The van der Waals surface area contributed by atoms with E-state index in [1.165, 1.54) is 0 Å². The number of carboxylic acid groups (broad SMARTS) is 1. The molecule has 6 rings (SSSR count). The molecule has 184 valence electrons. The molecule has 35 heavy (non-hydrogen) atoms. The van der Waals surface area contributed by atoms with Crippen LogP contribution in [-0.2, 0) is 14.3 Å². The fraction of sp³-hybridized carbons (Fsp3) is 0.444. The van der Waals surface area contributed by atoms with Gasteiger partial charge in [0.25, 0.3) is 0 Å². The maximum atomic E-state index is 12.8. The number of hydrogen-bond acceptors (Lipinski definition) is 5. The second-order valence-electron chi connectivity index (χ2n) is 9.80. The van der Waals surface area contributed by atoms with Gasteiger partial charge >= 0.3 is 12.1 Å². The minimum absolute atomic E-state index is 0.0589. The van der Waals surface area contributed by atoms with Gasteiger partial charge in [-0.3, -0.25) is 9.59 Å². The first-order valence-electron chi connectivity index (χ1n) is 12.2. The standard InChI is InChI=1S/C27H30N2O6/c30-17(12-25(31)29-14-16-9-10-24(29)22(11-16)26(32)33)13-28-27(34)35-15-23-20-7-3-1-5-18(20)19-6-2-4-8-21(19)23/h1-8,16-17,22-24,30H,9-15H2,(H,28,34)(H,32,33). The van der Waals surface area contributed by atoms with Crippen LogP contribution in [0.25, 0.3) is 11.1 Å². The number of ether oxygens (including phenoxy) is 1. The quantitative estimate of drug-likeness (QED) is 0.563. The summed E-state index contributed by atoms with van der Waals surface area (Å²) in [6.07, 6.45) is 0.327. The van der Waals surface area contributed by atoms with Crippen molar-refractivity contribution in [1.82, 2.24) is 10.2 Å². The highest BCUT2D eigenvalue weighted by atomic mass is 16.5. The van der Waals surface area contributed by atoms with Crippen molar-refractivity contribution in [3.8, 4) is 11.1 Å². The summed E-state index contributed by atoms with van der Waals surface area (Å²) >= 11 is 0. The van der Waals surface area contributed by atoms with E-state index in [9.17, 15) is 24.6 Å². The number of rotatable bonds is 7. The molecule has 2 aliphatic heterocycles. The molecule has 2 heterocycles. The van der Waals surface area contributed by atoms with Gasteiger partial charge in [0.05, 0.1) is 18.4 Å². The number of nitrogens with zero attached hydrogens (tertiary/aromatic N) is 1. The molecule has 8 heteroatoms. The molecule has 1 saturated carbocycles. The highest BCUT2D eigenvalue weighted by molar-refractivity contribution is 5.80. The van der Waals surface area contributed by atoms with Crippen LogP contribution in [0.3, 0.4) is 0 Å². The number of piperidine rings is 2. The average Bonchev–Trinajstić information content (AvgIpc) is 3.20. The minimum Gasteiger partial charge on any atom is -0.481 e. The van der Waals surface area contributed by atoms with E-state index in [-0.39, 0.29) is 43.4 Å². The van der Waals surface area contributed by atoms with Crippen LogP contribution in [0.2, 0.25) is 0 Å². The van der Waals surface area contributed by atoms with E-state index in [4.69, 9.17) is 4.74 Å². The van der Waals surface area contributed by atoms with Crippen molar-refractivity contribution in [3.05, 3.63) is 59.7 Å². The second kappa shape index (κ2) is 9.70. The molecule has 0 spiro atoms. The van der Waals surface area contributed by atoms with Crippen LogP contribution in [0.5, 0.6) is 0 Å². The number of aliphatic hydroxyl groups excluding tert-OH is 1. The number of fused-ring (bicyclic) bond motifs is 6. The van der Waals surface area contributed by atoms with Gasteiger partial charge in [0.15, 0.2) is 0 Å². The third kappa shape index (κ3) is 4.62. The van der Waals surface area contributed by atoms with Gasteiger partial charge in [0, 0.05) is 25.0 Å². The maximum absolute atomic E-state index is 12.8. The summed E-state index contributed by atoms with van der Waals surface area (Å²) in [5.41, 5.74) is 4.51. The van der Waals surface area contributed by atoms with E-state index in [0.717, 1.165) is 28.7 Å². The van der Waals surface area contributed by atoms with Gasteiger partial charge in [-0.2, -0.15) is 0 Å². The van der Waals surface area contributed by atoms with Crippen LogP contribution in [0, 0.1) is 11.8 Å². The molecule has 2 aliphatic carbocycles. The molecule has 4 unspecified atom stereocenters. The van der Waals surface area contributed by atoms with Gasteiger partial charge in [-0.05, 0) is 47.4 Å². The SMILES string of the molecule is O=C(NCC(O)CC(=O)N1CC2CCC1C(C(=O)O)C2)OCC1c2ccccc2-c2ccccc21. The van der Waals surface area contributed by atoms with Crippen LogP contribution < -0.4 is 5.32 Å². The summed E-state index contributed by atoms with van der Waals surface area (Å²) in [4.78, 5) is 38.3. The third-order valence-corrected chi connectivity index (χ3v) is 7.65. The van der Waals surface area contributed by atoms with Gasteiger partial charge in [-0.1, -0.05) is 48.5 Å². The van der Waals surface area contributed by atoms with Gasteiger partial charge in [0.1, 0.15) is 6.61 Å². The molecular weight excluding hydrogens is 448 g/mol. The van der Waals surface area contributed by atoms with Crippen LogP contribution in [0.4, 0.5) is 4.79 Å². The number of amides is 2. The monoisotopic (exact) mass is 478 g/mol. The molecule has 0 aromatic heterocycles. The van der Waals surface area contributed by atoms with Crippen LogP contribution in [-0.4, -0.2) is 64.9 Å². The third-order valence-electron chi connectivity index (χ3n) is 7.65. The highest BCUT2D eigenvalue weighted by Gasteiger charge is 2.46. The van der Waals surface area contributed by atoms with Crippen LogP contribution >= 0.6 is 0 Å². The number of carbonyl (C=O) groups excluding carboxylic acids is 2. The molecule has 2 amide bonds. The summed E-state index contributed by atoms with van der Waals surface area (Å²) in [5.74, 6) is -1.54. The van der Waals surface area contributed by atoms with E-state index in [1.54, 1.807) is 4.90 Å². The first kappa shape index (κ1) is 23.4. The lowest BCUT2D eigenvalue weighted by atomic mass is 9.72. The summed E-state index contributed by atoms with van der Waals surface area (Å²) in [7, 11) is 0. The Hall–Kier alpha value is -3.39. The summed E-state index contributed by atoms with van der Waals surface area (Å²) in [6, 6.07) is 15.8. The summed E-state index contributed by atoms with van der Waals surface area (Å²) in [5, 5.41) is 22.4. The topological polar surface area (TPSA) is 116 Å². The Morgan fingerprint density at radius 2 is 1.69 bits per heavy atom. The fourth-order valence-corrected chi connectivity index (χ4v) is 5.99. The Labute approximate surface area is 203 Å². The number of alkyl carbamates (subject to hydrolysis) is 1. The first-order chi connectivity index (χ1) is 16.9. The average molecular weight is 479 g/mol. The van der Waals surface area contributed by atoms with Gasteiger partial charge in [-0.15, -0.1) is 0 Å². The van der Waals surface area contributed by atoms with E-state index in [0.29, 0.717) is 19.4 Å². The Bertz CT molecular complexity index is 1090. The molecule has 2 aromatic rings. The highest BCUT2D eigenvalue weighted by Crippen LogP contribution is 2.44. The largest absolute Gasteiger partial charge is 0.481 e. The number of benzene rings is 2. The molecule has 0 radical (unpaired) electrons. The minimum atomic E-state index is -1.08. The molecular formula is C27H30N2O6. The summed E-state index contributed by atoms with van der Waals surface area (Å²) in [6.45, 7) is 0.592. The molecule has 3 fully saturated rings. The zero-order valence-electron chi connectivity index (χ0n) is 19.4. The van der Waals surface area contributed by atoms with Gasteiger partial charge in [-0.25, -0.2) is 4.79 Å². The van der Waals surface area contributed by atoms with Crippen LogP contribution in [0.1, 0.15) is 42.7 Å². The Kier molecular flexibility index (Phi) is 6.47. The number of aliphatic hydroxyl groups is 1. The summed E-state index contributed by atoms with van der Waals surface area (Å²) < 4.78 is 5.47. The smallest absolute Gasteiger partial charge is 0.407 e. The van der Waals surface area contributed by atoms with Crippen molar-refractivity contribution in [2.75, 3.05) is 19.7 Å². The zero-order chi connectivity index (χ0) is 24.5. The molecule has 2 aromatic carbocycles. The van der Waals surface area contributed by atoms with Crippen molar-refractivity contribution >= 4 is 18.0 Å². The molecule has 4 aliphatic rings. The Balaban J connectivity index is 1.11. The van der Waals surface area contributed by atoms with Crippen molar-refractivity contribution in [3.63, 3.8) is 0 Å². The lowest BCUT2D eigenvalue weighted by Gasteiger charge is -2.48. The van der Waals surface area contributed by atoms with E-state index >= 15 is 0 Å². The number of carboxylic acids is 1. The van der Waals surface area contributed by atoms with E-state index in [2.05, 4.69) is 17.4 Å². The van der Waals surface area contributed by atoms with Crippen molar-refractivity contribution in [1.29, 1.82) is 0 Å². The Morgan fingerprint density at radius 3 is 2.31 bits per heavy atom. The van der Waals surface area contributed by atoms with E-state index in [1.807, 2.05) is 36.4 Å². The predicted molar refractivity (Wildman–Crippen MR) is 128 cm³/mol. The van der Waals surface area contributed by atoms with Crippen molar-refractivity contribution in [2.24, 2.45) is 11.8 Å². The number of nitrogens with one attached hydrogen (secondary N) is 1. The molecule has 8 nitrogen and oxygen atoms in total. The molecule has 3 N–H and O–H groups in total. The van der Waals surface area contributed by atoms with Gasteiger partial charge in [0.2, 0.25) is 5.91 Å². The molecule has 2 saturated heterocycles.